The lowest BCUT2D eigenvalue weighted by Crippen LogP contribution is -2.41. The molecule has 2 nitrogen and oxygen atoms in total. The zero-order chi connectivity index (χ0) is 10.4. The van der Waals surface area contributed by atoms with Gasteiger partial charge in [0.2, 0.25) is 0 Å². The molecule has 0 amide bonds. The van der Waals surface area contributed by atoms with Crippen LogP contribution >= 0.6 is 0 Å². The second-order valence-electron chi connectivity index (χ2n) is 5.26. The second-order valence-corrected chi connectivity index (χ2v) is 5.26. The van der Waals surface area contributed by atoms with Gasteiger partial charge in [0, 0.05) is 0 Å². The summed E-state index contributed by atoms with van der Waals surface area (Å²) >= 11 is 0. The first kappa shape index (κ1) is 10.2. The average Bonchev–Trinajstić information content (AvgIpc) is 2.58. The van der Waals surface area contributed by atoms with E-state index in [2.05, 4.69) is 33.8 Å². The summed E-state index contributed by atoms with van der Waals surface area (Å²) in [6, 6.07) is 0. The molecule has 0 aromatic carbocycles. The normalized spacial score (nSPS) is 29.4. The van der Waals surface area contributed by atoms with Gasteiger partial charge < -0.3 is 9.31 Å². The van der Waals surface area contributed by atoms with Gasteiger partial charge in [-0.1, -0.05) is 6.08 Å². The predicted octanol–water partition coefficient (Wildman–Crippen LogP) is 2.73. The van der Waals surface area contributed by atoms with Crippen LogP contribution in [0.2, 0.25) is 0 Å². The van der Waals surface area contributed by atoms with Crippen molar-refractivity contribution in [3.8, 4) is 0 Å². The van der Waals surface area contributed by atoms with Crippen molar-refractivity contribution in [2.24, 2.45) is 0 Å². The summed E-state index contributed by atoms with van der Waals surface area (Å²) in [7, 11) is -0.0949. The fourth-order valence-electron chi connectivity index (χ4n) is 1.90. The summed E-state index contributed by atoms with van der Waals surface area (Å²) in [5.74, 6) is 0. The highest BCUT2D eigenvalue weighted by molar-refractivity contribution is 6.54. The molecule has 0 atom stereocenters. The minimum absolute atomic E-state index is 0.0949. The fraction of sp³-hybridized carbons (Fsp3) is 0.818. The molecule has 2 rings (SSSR count). The number of allylic oxidation sites excluding steroid dienone is 2. The lowest BCUT2D eigenvalue weighted by atomic mass is 9.78. The van der Waals surface area contributed by atoms with Gasteiger partial charge in [-0.05, 0) is 52.4 Å². The Morgan fingerprint density at radius 3 is 2.14 bits per heavy atom. The highest BCUT2D eigenvalue weighted by Crippen LogP contribution is 2.40. The van der Waals surface area contributed by atoms with Gasteiger partial charge >= 0.3 is 7.12 Å². The maximum atomic E-state index is 5.96. The second kappa shape index (κ2) is 3.11. The first-order valence-corrected chi connectivity index (χ1v) is 5.47. The molecular weight excluding hydrogens is 175 g/mol. The van der Waals surface area contributed by atoms with Gasteiger partial charge in [0.1, 0.15) is 0 Å². The van der Waals surface area contributed by atoms with Crippen molar-refractivity contribution in [2.45, 2.75) is 58.2 Å². The van der Waals surface area contributed by atoms with Crippen molar-refractivity contribution >= 4 is 7.12 Å². The van der Waals surface area contributed by atoms with Crippen LogP contribution in [0.25, 0.3) is 0 Å². The molecule has 0 spiro atoms. The largest absolute Gasteiger partial charge is 0.490 e. The summed E-state index contributed by atoms with van der Waals surface area (Å²) in [6.45, 7) is 8.40. The summed E-state index contributed by atoms with van der Waals surface area (Å²) < 4.78 is 11.9. The lowest BCUT2D eigenvalue weighted by Gasteiger charge is -2.32. The highest BCUT2D eigenvalue weighted by Gasteiger charge is 2.52. The third-order valence-corrected chi connectivity index (χ3v) is 3.63. The molecule has 2 aliphatic rings. The van der Waals surface area contributed by atoms with Gasteiger partial charge in [-0.3, -0.25) is 0 Å². The minimum atomic E-state index is -0.193. The Bertz CT molecular complexity index is 252. The van der Waals surface area contributed by atoms with Crippen molar-refractivity contribution < 1.29 is 9.31 Å². The van der Waals surface area contributed by atoms with E-state index in [0.717, 1.165) is 6.42 Å². The van der Waals surface area contributed by atoms with E-state index in [-0.39, 0.29) is 18.3 Å². The standard InChI is InChI=1S/C11H19BO2/c1-10(2)11(3,4)14-12(13-10)9-7-5-6-8-9/h7H,5-6,8H2,1-4H3. The molecule has 1 fully saturated rings. The Labute approximate surface area is 86.8 Å². The molecule has 0 aromatic heterocycles. The van der Waals surface area contributed by atoms with Crippen molar-refractivity contribution in [3.63, 3.8) is 0 Å². The first-order valence-electron chi connectivity index (χ1n) is 5.47. The van der Waals surface area contributed by atoms with E-state index in [1.165, 1.54) is 18.3 Å². The molecule has 1 aliphatic carbocycles. The Morgan fingerprint density at radius 1 is 1.14 bits per heavy atom. The van der Waals surface area contributed by atoms with E-state index in [4.69, 9.17) is 9.31 Å². The van der Waals surface area contributed by atoms with E-state index in [1.807, 2.05) is 0 Å². The van der Waals surface area contributed by atoms with E-state index in [9.17, 15) is 0 Å². The van der Waals surface area contributed by atoms with Gasteiger partial charge in [-0.15, -0.1) is 0 Å². The Kier molecular flexibility index (Phi) is 2.28. The zero-order valence-corrected chi connectivity index (χ0v) is 9.59. The van der Waals surface area contributed by atoms with Crippen LogP contribution < -0.4 is 0 Å². The molecule has 3 heteroatoms. The highest BCUT2D eigenvalue weighted by atomic mass is 16.7. The van der Waals surface area contributed by atoms with Crippen LogP contribution in [0.3, 0.4) is 0 Å². The Morgan fingerprint density at radius 2 is 1.71 bits per heavy atom. The summed E-state index contributed by atoms with van der Waals surface area (Å²) in [5.41, 5.74) is 0.950. The molecule has 1 heterocycles. The lowest BCUT2D eigenvalue weighted by molar-refractivity contribution is 0.00578. The van der Waals surface area contributed by atoms with E-state index >= 15 is 0 Å². The molecule has 1 saturated heterocycles. The topological polar surface area (TPSA) is 18.5 Å². The minimum Gasteiger partial charge on any atom is -0.400 e. The SMILES string of the molecule is CC1(C)OB(C2=CCCC2)OC1(C)C. The van der Waals surface area contributed by atoms with Crippen molar-refractivity contribution in [3.05, 3.63) is 11.5 Å². The zero-order valence-electron chi connectivity index (χ0n) is 9.59. The van der Waals surface area contributed by atoms with Gasteiger partial charge in [0.25, 0.3) is 0 Å². The molecular formula is C11H19BO2. The quantitative estimate of drug-likeness (QED) is 0.597. The van der Waals surface area contributed by atoms with Crippen molar-refractivity contribution in [2.75, 3.05) is 0 Å². The van der Waals surface area contributed by atoms with Gasteiger partial charge in [0.05, 0.1) is 11.2 Å². The van der Waals surface area contributed by atoms with Crippen molar-refractivity contribution in [1.29, 1.82) is 0 Å². The molecule has 0 saturated carbocycles. The third kappa shape index (κ3) is 1.53. The van der Waals surface area contributed by atoms with Crippen molar-refractivity contribution in [1.82, 2.24) is 0 Å². The fourth-order valence-corrected chi connectivity index (χ4v) is 1.90. The Balaban J connectivity index is 2.13. The molecule has 0 bridgehead atoms. The third-order valence-electron chi connectivity index (χ3n) is 3.63. The van der Waals surface area contributed by atoms with E-state index in [1.54, 1.807) is 0 Å². The molecule has 78 valence electrons. The summed E-state index contributed by atoms with van der Waals surface area (Å²) in [6.07, 6.45) is 5.83. The van der Waals surface area contributed by atoms with Crippen LogP contribution in [0, 0.1) is 0 Å². The van der Waals surface area contributed by atoms with Crippen LogP contribution in [0.4, 0.5) is 0 Å². The van der Waals surface area contributed by atoms with Crippen LogP contribution in [0.5, 0.6) is 0 Å². The maximum Gasteiger partial charge on any atom is 0.490 e. The number of hydrogen-bond acceptors (Lipinski definition) is 2. The van der Waals surface area contributed by atoms with Crippen LogP contribution in [-0.2, 0) is 9.31 Å². The average molecular weight is 194 g/mol. The van der Waals surface area contributed by atoms with Gasteiger partial charge in [-0.25, -0.2) is 0 Å². The van der Waals surface area contributed by atoms with E-state index in [0.29, 0.717) is 0 Å². The summed E-state index contributed by atoms with van der Waals surface area (Å²) in [5, 5.41) is 0. The van der Waals surface area contributed by atoms with Gasteiger partial charge in [-0.2, -0.15) is 0 Å². The first-order chi connectivity index (χ1) is 6.42. The molecule has 14 heavy (non-hydrogen) atoms. The summed E-state index contributed by atoms with van der Waals surface area (Å²) in [4.78, 5) is 0. The van der Waals surface area contributed by atoms with Crippen LogP contribution in [0.15, 0.2) is 11.5 Å². The van der Waals surface area contributed by atoms with E-state index < -0.39 is 0 Å². The van der Waals surface area contributed by atoms with Crippen LogP contribution in [-0.4, -0.2) is 18.3 Å². The Hall–Kier alpha value is -0.275. The number of rotatable bonds is 1. The maximum absolute atomic E-state index is 5.96. The molecule has 0 N–H and O–H groups in total. The molecule has 0 aromatic rings. The molecule has 1 aliphatic heterocycles. The smallest absolute Gasteiger partial charge is 0.400 e. The van der Waals surface area contributed by atoms with Gasteiger partial charge in [0.15, 0.2) is 0 Å². The predicted molar refractivity (Wildman–Crippen MR) is 58.0 cm³/mol. The molecule has 0 unspecified atom stereocenters. The molecule has 0 radical (unpaired) electrons. The van der Waals surface area contributed by atoms with Crippen LogP contribution in [0.1, 0.15) is 47.0 Å². The number of hydrogen-bond donors (Lipinski definition) is 0. The monoisotopic (exact) mass is 194 g/mol.